The van der Waals surface area contributed by atoms with Crippen LogP contribution in [0.25, 0.3) is 5.69 Å². The van der Waals surface area contributed by atoms with E-state index in [0.29, 0.717) is 11.6 Å². The van der Waals surface area contributed by atoms with Crippen LogP contribution >= 0.6 is 11.6 Å². The number of aryl methyl sites for hydroxylation is 2. The highest BCUT2D eigenvalue weighted by Gasteiger charge is 2.10. The van der Waals surface area contributed by atoms with Gasteiger partial charge in [0.25, 0.3) is 0 Å². The monoisotopic (exact) mass is 263 g/mol. The van der Waals surface area contributed by atoms with Crippen molar-refractivity contribution in [2.24, 2.45) is 5.73 Å². The first kappa shape index (κ1) is 13.1. The molecule has 2 N–H and O–H groups in total. The molecule has 0 aliphatic rings. The molecule has 1 aromatic carbocycles. The minimum Gasteiger partial charge on any atom is -0.326 e. The smallest absolute Gasteiger partial charge is 0.0835 e. The van der Waals surface area contributed by atoms with Gasteiger partial charge < -0.3 is 5.73 Å². The molecule has 0 aliphatic carbocycles. The predicted molar refractivity (Wildman–Crippen MR) is 75.2 cm³/mol. The summed E-state index contributed by atoms with van der Waals surface area (Å²) in [6.45, 7) is 4.72. The third-order valence-electron chi connectivity index (χ3n) is 3.03. The van der Waals surface area contributed by atoms with E-state index in [9.17, 15) is 0 Å². The SMILES string of the molecule is CCc1cc(CC)n(-c2ccc(CN)cc2Cl)n1. The van der Waals surface area contributed by atoms with Gasteiger partial charge in [0, 0.05) is 12.2 Å². The van der Waals surface area contributed by atoms with Crippen LogP contribution in [0.1, 0.15) is 30.8 Å². The van der Waals surface area contributed by atoms with Crippen molar-refractivity contribution >= 4 is 11.6 Å². The van der Waals surface area contributed by atoms with E-state index < -0.39 is 0 Å². The van der Waals surface area contributed by atoms with Crippen molar-refractivity contribution in [3.8, 4) is 5.69 Å². The van der Waals surface area contributed by atoms with Crippen molar-refractivity contribution in [3.63, 3.8) is 0 Å². The molecular formula is C14H18ClN3. The third-order valence-corrected chi connectivity index (χ3v) is 3.34. The maximum absolute atomic E-state index is 6.31. The van der Waals surface area contributed by atoms with Gasteiger partial charge in [-0.05, 0) is 36.6 Å². The minimum absolute atomic E-state index is 0.500. The molecule has 0 bridgehead atoms. The molecule has 2 aromatic rings. The molecule has 0 amide bonds. The molecule has 0 radical (unpaired) electrons. The Morgan fingerprint density at radius 2 is 2.00 bits per heavy atom. The van der Waals surface area contributed by atoms with Crippen LogP contribution in [0, 0.1) is 0 Å². The van der Waals surface area contributed by atoms with Crippen LogP contribution in [0.15, 0.2) is 24.3 Å². The Kier molecular flexibility index (Phi) is 4.04. The van der Waals surface area contributed by atoms with E-state index >= 15 is 0 Å². The molecule has 96 valence electrons. The zero-order chi connectivity index (χ0) is 13.1. The molecule has 0 saturated carbocycles. The normalized spacial score (nSPS) is 10.9. The Labute approximate surface area is 113 Å². The lowest BCUT2D eigenvalue weighted by Crippen LogP contribution is -2.04. The molecule has 18 heavy (non-hydrogen) atoms. The van der Waals surface area contributed by atoms with Gasteiger partial charge >= 0.3 is 0 Å². The maximum Gasteiger partial charge on any atom is 0.0835 e. The zero-order valence-electron chi connectivity index (χ0n) is 10.8. The highest BCUT2D eigenvalue weighted by Crippen LogP contribution is 2.23. The molecule has 3 nitrogen and oxygen atoms in total. The number of aromatic nitrogens is 2. The molecule has 0 saturated heterocycles. The van der Waals surface area contributed by atoms with Gasteiger partial charge in [0.15, 0.2) is 0 Å². The summed E-state index contributed by atoms with van der Waals surface area (Å²) in [6, 6.07) is 8.01. The van der Waals surface area contributed by atoms with E-state index in [4.69, 9.17) is 17.3 Å². The predicted octanol–water partition coefficient (Wildman–Crippen LogP) is 3.11. The van der Waals surface area contributed by atoms with Crippen molar-refractivity contribution < 1.29 is 0 Å². The summed E-state index contributed by atoms with van der Waals surface area (Å²) in [6.07, 6.45) is 1.86. The van der Waals surface area contributed by atoms with Gasteiger partial charge in [-0.2, -0.15) is 5.10 Å². The first-order valence-electron chi connectivity index (χ1n) is 6.26. The van der Waals surface area contributed by atoms with E-state index in [1.165, 1.54) is 5.69 Å². The fourth-order valence-electron chi connectivity index (χ4n) is 1.96. The average Bonchev–Trinajstić information content (AvgIpc) is 2.81. The van der Waals surface area contributed by atoms with Crippen LogP contribution in [-0.4, -0.2) is 9.78 Å². The van der Waals surface area contributed by atoms with Gasteiger partial charge in [0.1, 0.15) is 0 Å². The van der Waals surface area contributed by atoms with E-state index in [1.807, 2.05) is 22.9 Å². The average molecular weight is 264 g/mol. The molecule has 2 rings (SSSR count). The van der Waals surface area contributed by atoms with Gasteiger partial charge in [-0.25, -0.2) is 4.68 Å². The number of halogens is 1. The van der Waals surface area contributed by atoms with Crippen LogP contribution in [-0.2, 0) is 19.4 Å². The van der Waals surface area contributed by atoms with Gasteiger partial charge in [-0.3, -0.25) is 0 Å². The van der Waals surface area contributed by atoms with Crippen molar-refractivity contribution in [1.82, 2.24) is 9.78 Å². The Morgan fingerprint density at radius 3 is 2.56 bits per heavy atom. The van der Waals surface area contributed by atoms with Crippen molar-refractivity contribution in [2.75, 3.05) is 0 Å². The summed E-state index contributed by atoms with van der Waals surface area (Å²) in [4.78, 5) is 0. The second kappa shape index (κ2) is 5.55. The number of benzene rings is 1. The quantitative estimate of drug-likeness (QED) is 0.921. The standard InChI is InChI=1S/C14H18ClN3/c1-3-11-8-12(4-2)18(17-11)14-6-5-10(9-16)7-13(14)15/h5-8H,3-4,9,16H2,1-2H3. The molecule has 0 unspecified atom stereocenters. The van der Waals surface area contributed by atoms with E-state index in [1.54, 1.807) is 0 Å². The summed E-state index contributed by atoms with van der Waals surface area (Å²) in [5, 5.41) is 5.28. The molecule has 1 heterocycles. The minimum atomic E-state index is 0.500. The Balaban J connectivity index is 2.50. The van der Waals surface area contributed by atoms with Gasteiger partial charge in [0.05, 0.1) is 16.4 Å². The second-order valence-corrected chi connectivity index (χ2v) is 4.64. The van der Waals surface area contributed by atoms with Crippen molar-refractivity contribution in [2.45, 2.75) is 33.2 Å². The summed E-state index contributed by atoms with van der Waals surface area (Å²) in [7, 11) is 0. The van der Waals surface area contributed by atoms with Crippen LogP contribution in [0.2, 0.25) is 5.02 Å². The van der Waals surface area contributed by atoms with E-state index in [0.717, 1.165) is 29.8 Å². The molecule has 1 aromatic heterocycles. The molecule has 0 fully saturated rings. The van der Waals surface area contributed by atoms with Crippen LogP contribution < -0.4 is 5.73 Å². The maximum atomic E-state index is 6.31. The number of hydrogen-bond donors (Lipinski definition) is 1. The Morgan fingerprint density at radius 1 is 1.22 bits per heavy atom. The van der Waals surface area contributed by atoms with E-state index in [-0.39, 0.29) is 0 Å². The first-order chi connectivity index (χ1) is 8.69. The fourth-order valence-corrected chi connectivity index (χ4v) is 2.24. The number of hydrogen-bond acceptors (Lipinski definition) is 2. The van der Waals surface area contributed by atoms with Gasteiger partial charge in [-0.15, -0.1) is 0 Å². The summed E-state index contributed by atoms with van der Waals surface area (Å²) in [5.41, 5.74) is 9.83. The van der Waals surface area contributed by atoms with Crippen LogP contribution in [0.3, 0.4) is 0 Å². The first-order valence-corrected chi connectivity index (χ1v) is 6.64. The van der Waals surface area contributed by atoms with E-state index in [2.05, 4.69) is 25.0 Å². The summed E-state index contributed by atoms with van der Waals surface area (Å²) < 4.78 is 1.93. The third kappa shape index (κ3) is 2.42. The fraction of sp³-hybridized carbons (Fsp3) is 0.357. The van der Waals surface area contributed by atoms with Gasteiger partial charge in [0.2, 0.25) is 0 Å². The molecule has 0 aliphatic heterocycles. The Hall–Kier alpha value is -1.32. The highest BCUT2D eigenvalue weighted by molar-refractivity contribution is 6.32. The highest BCUT2D eigenvalue weighted by atomic mass is 35.5. The number of rotatable bonds is 4. The van der Waals surface area contributed by atoms with Gasteiger partial charge in [-0.1, -0.05) is 31.5 Å². The van der Waals surface area contributed by atoms with Crippen molar-refractivity contribution in [3.05, 3.63) is 46.2 Å². The lowest BCUT2D eigenvalue weighted by atomic mass is 10.2. The van der Waals surface area contributed by atoms with Crippen LogP contribution in [0.5, 0.6) is 0 Å². The zero-order valence-corrected chi connectivity index (χ0v) is 11.5. The second-order valence-electron chi connectivity index (χ2n) is 4.24. The summed E-state index contributed by atoms with van der Waals surface area (Å²) in [5.74, 6) is 0. The summed E-state index contributed by atoms with van der Waals surface area (Å²) >= 11 is 6.31. The van der Waals surface area contributed by atoms with Crippen LogP contribution in [0.4, 0.5) is 0 Å². The largest absolute Gasteiger partial charge is 0.326 e. The lowest BCUT2D eigenvalue weighted by molar-refractivity contribution is 0.793. The molecule has 0 spiro atoms. The molecular weight excluding hydrogens is 246 g/mol. The topological polar surface area (TPSA) is 43.8 Å². The Bertz CT molecular complexity index is 546. The number of nitrogens with zero attached hydrogens (tertiary/aromatic N) is 2. The molecule has 4 heteroatoms. The number of nitrogens with two attached hydrogens (primary N) is 1. The lowest BCUT2D eigenvalue weighted by Gasteiger charge is -2.09. The van der Waals surface area contributed by atoms with Crippen molar-refractivity contribution in [1.29, 1.82) is 0 Å². The molecule has 0 atom stereocenters.